The Bertz CT molecular complexity index is 608. The highest BCUT2D eigenvalue weighted by Gasteiger charge is 2.04. The number of hydrogen-bond donors (Lipinski definition) is 1. The Morgan fingerprint density at radius 1 is 1.05 bits per heavy atom. The molecular formula is C19H20O2. The van der Waals surface area contributed by atoms with Crippen molar-refractivity contribution in [3.05, 3.63) is 71.3 Å². The summed E-state index contributed by atoms with van der Waals surface area (Å²) in [6, 6.07) is 17.7. The quantitative estimate of drug-likeness (QED) is 0.851. The van der Waals surface area contributed by atoms with Crippen LogP contribution in [0.5, 0.6) is 0 Å². The van der Waals surface area contributed by atoms with Crippen molar-refractivity contribution in [3.63, 3.8) is 0 Å². The summed E-state index contributed by atoms with van der Waals surface area (Å²) in [4.78, 5) is 0. The average molecular weight is 280 g/mol. The third-order valence-electron chi connectivity index (χ3n) is 3.30. The van der Waals surface area contributed by atoms with Crippen LogP contribution in [-0.4, -0.2) is 18.8 Å². The molecule has 0 bridgehead atoms. The van der Waals surface area contributed by atoms with E-state index < -0.39 is 6.10 Å². The van der Waals surface area contributed by atoms with Crippen molar-refractivity contribution in [3.8, 4) is 11.8 Å². The van der Waals surface area contributed by atoms with E-state index in [1.54, 1.807) is 7.11 Å². The molecule has 0 aliphatic rings. The zero-order valence-corrected chi connectivity index (χ0v) is 12.3. The van der Waals surface area contributed by atoms with Crippen molar-refractivity contribution < 1.29 is 9.84 Å². The lowest BCUT2D eigenvalue weighted by molar-refractivity contribution is 0.184. The van der Waals surface area contributed by atoms with Crippen LogP contribution in [0.15, 0.2) is 54.6 Å². The number of benzene rings is 2. The highest BCUT2D eigenvalue weighted by molar-refractivity contribution is 5.41. The fraction of sp³-hybridized carbons (Fsp3) is 0.263. The molecule has 0 radical (unpaired) electrons. The predicted molar refractivity (Wildman–Crippen MR) is 84.9 cm³/mol. The molecule has 0 aromatic heterocycles. The molecule has 2 aromatic carbocycles. The highest BCUT2D eigenvalue weighted by atomic mass is 16.5. The van der Waals surface area contributed by atoms with Gasteiger partial charge in [0.1, 0.15) is 0 Å². The molecule has 0 amide bonds. The maximum atomic E-state index is 10.1. The van der Waals surface area contributed by atoms with Crippen LogP contribution >= 0.6 is 0 Å². The molecule has 0 aliphatic carbocycles. The van der Waals surface area contributed by atoms with Crippen LogP contribution in [0.1, 0.15) is 29.2 Å². The van der Waals surface area contributed by atoms with E-state index in [9.17, 15) is 5.11 Å². The molecule has 21 heavy (non-hydrogen) atoms. The topological polar surface area (TPSA) is 29.5 Å². The first-order valence-corrected chi connectivity index (χ1v) is 7.10. The van der Waals surface area contributed by atoms with Crippen LogP contribution in [0.25, 0.3) is 0 Å². The Hall–Kier alpha value is -2.08. The summed E-state index contributed by atoms with van der Waals surface area (Å²) < 4.78 is 5.11. The van der Waals surface area contributed by atoms with Crippen molar-refractivity contribution in [1.82, 2.24) is 0 Å². The van der Waals surface area contributed by atoms with Crippen molar-refractivity contribution in [1.29, 1.82) is 0 Å². The van der Waals surface area contributed by atoms with E-state index >= 15 is 0 Å². The third kappa shape index (κ3) is 4.75. The number of ether oxygens (including phenoxy) is 1. The number of rotatable bonds is 5. The van der Waals surface area contributed by atoms with E-state index in [0.717, 1.165) is 17.5 Å². The molecular weight excluding hydrogens is 260 g/mol. The summed E-state index contributed by atoms with van der Waals surface area (Å²) in [6.45, 7) is 0.686. The zero-order valence-electron chi connectivity index (χ0n) is 12.3. The van der Waals surface area contributed by atoms with Gasteiger partial charge in [0.25, 0.3) is 0 Å². The first-order chi connectivity index (χ1) is 10.3. The van der Waals surface area contributed by atoms with E-state index in [0.29, 0.717) is 13.0 Å². The van der Waals surface area contributed by atoms with Crippen molar-refractivity contribution in [2.45, 2.75) is 18.9 Å². The lowest BCUT2D eigenvalue weighted by Gasteiger charge is -2.06. The first kappa shape index (κ1) is 15.3. The van der Waals surface area contributed by atoms with Gasteiger partial charge >= 0.3 is 0 Å². The predicted octanol–water partition coefficient (Wildman–Crippen LogP) is 3.35. The third-order valence-corrected chi connectivity index (χ3v) is 3.30. The van der Waals surface area contributed by atoms with Crippen LogP contribution < -0.4 is 0 Å². The lowest BCUT2D eigenvalue weighted by atomic mass is 10.0. The molecule has 1 unspecified atom stereocenters. The second-order valence-corrected chi connectivity index (χ2v) is 4.83. The maximum absolute atomic E-state index is 10.1. The summed E-state index contributed by atoms with van der Waals surface area (Å²) >= 11 is 0. The Morgan fingerprint density at radius 3 is 2.52 bits per heavy atom. The Morgan fingerprint density at radius 2 is 1.76 bits per heavy atom. The van der Waals surface area contributed by atoms with Gasteiger partial charge in [-0.1, -0.05) is 60.4 Å². The standard InChI is InChI=1S/C19H20O2/c1-21-15-14-17-9-6-5-8-16(17)12-7-13-19(20)18-10-3-2-4-11-18/h2-6,8-11,19-20H,13-15H2,1H3. The molecule has 0 fully saturated rings. The fourth-order valence-electron chi connectivity index (χ4n) is 2.11. The summed E-state index contributed by atoms with van der Waals surface area (Å²) in [5.74, 6) is 6.23. The Balaban J connectivity index is 2.02. The minimum atomic E-state index is -0.537. The molecule has 0 spiro atoms. The molecule has 0 heterocycles. The number of aliphatic hydroxyl groups excluding tert-OH is 1. The van der Waals surface area contributed by atoms with Gasteiger partial charge in [0.2, 0.25) is 0 Å². The molecule has 2 rings (SSSR count). The maximum Gasteiger partial charge on any atom is 0.0899 e. The Kier molecular flexibility index (Phi) is 6.02. The van der Waals surface area contributed by atoms with Crippen LogP contribution in [0.3, 0.4) is 0 Å². The Labute approximate surface area is 126 Å². The van der Waals surface area contributed by atoms with Crippen molar-refractivity contribution in [2.75, 3.05) is 13.7 Å². The van der Waals surface area contributed by atoms with Crippen LogP contribution in [-0.2, 0) is 11.2 Å². The van der Waals surface area contributed by atoms with Crippen molar-refractivity contribution >= 4 is 0 Å². The minimum absolute atomic E-state index is 0.433. The lowest BCUT2D eigenvalue weighted by Crippen LogP contribution is -1.97. The number of methoxy groups -OCH3 is 1. The molecule has 2 heteroatoms. The van der Waals surface area contributed by atoms with Crippen molar-refractivity contribution in [2.24, 2.45) is 0 Å². The summed E-state index contributed by atoms with van der Waals surface area (Å²) in [5, 5.41) is 10.1. The van der Waals surface area contributed by atoms with Gasteiger partial charge in [-0.05, 0) is 23.6 Å². The van der Waals surface area contributed by atoms with Gasteiger partial charge in [0.05, 0.1) is 12.7 Å². The molecule has 2 nitrogen and oxygen atoms in total. The van der Waals surface area contributed by atoms with E-state index in [-0.39, 0.29) is 0 Å². The summed E-state index contributed by atoms with van der Waals surface area (Å²) in [7, 11) is 1.70. The highest BCUT2D eigenvalue weighted by Crippen LogP contribution is 2.15. The fourth-order valence-corrected chi connectivity index (χ4v) is 2.11. The van der Waals surface area contributed by atoms with Gasteiger partial charge < -0.3 is 9.84 Å². The molecule has 1 N–H and O–H groups in total. The molecule has 0 saturated heterocycles. The van der Waals surface area contributed by atoms with E-state index in [2.05, 4.69) is 17.9 Å². The smallest absolute Gasteiger partial charge is 0.0899 e. The van der Waals surface area contributed by atoms with Crippen LogP contribution in [0.4, 0.5) is 0 Å². The van der Waals surface area contributed by atoms with E-state index in [1.807, 2.05) is 48.5 Å². The zero-order chi connectivity index (χ0) is 14.9. The van der Waals surface area contributed by atoms with Gasteiger partial charge in [-0.2, -0.15) is 0 Å². The van der Waals surface area contributed by atoms with Crippen LogP contribution in [0.2, 0.25) is 0 Å². The van der Waals surface area contributed by atoms with Gasteiger partial charge in [-0.3, -0.25) is 0 Å². The monoisotopic (exact) mass is 280 g/mol. The summed E-state index contributed by atoms with van der Waals surface area (Å²) in [6.07, 6.45) is 0.746. The van der Waals surface area contributed by atoms with Gasteiger partial charge in [-0.15, -0.1) is 0 Å². The first-order valence-electron chi connectivity index (χ1n) is 7.10. The minimum Gasteiger partial charge on any atom is -0.387 e. The summed E-state index contributed by atoms with van der Waals surface area (Å²) in [5.41, 5.74) is 3.09. The molecule has 0 aliphatic heterocycles. The largest absolute Gasteiger partial charge is 0.387 e. The number of aliphatic hydroxyl groups is 1. The molecule has 1 atom stereocenters. The molecule has 2 aromatic rings. The molecule has 0 saturated carbocycles. The number of hydrogen-bond acceptors (Lipinski definition) is 2. The SMILES string of the molecule is COCCc1ccccc1C#CCC(O)c1ccccc1. The average Bonchev–Trinajstić information content (AvgIpc) is 2.54. The second-order valence-electron chi connectivity index (χ2n) is 4.83. The normalized spacial score (nSPS) is 11.5. The van der Waals surface area contributed by atoms with E-state index in [1.165, 1.54) is 5.56 Å². The van der Waals surface area contributed by atoms with Gasteiger partial charge in [-0.25, -0.2) is 0 Å². The second kappa shape index (κ2) is 8.26. The van der Waals surface area contributed by atoms with E-state index in [4.69, 9.17) is 4.74 Å². The van der Waals surface area contributed by atoms with Crippen LogP contribution in [0, 0.1) is 11.8 Å². The van der Waals surface area contributed by atoms with Gasteiger partial charge in [0.15, 0.2) is 0 Å². The molecule has 108 valence electrons. The van der Waals surface area contributed by atoms with Gasteiger partial charge in [0, 0.05) is 19.1 Å².